The minimum atomic E-state index is -0.290. The molecule has 0 unspecified atom stereocenters. The van der Waals surface area contributed by atoms with E-state index in [1.807, 2.05) is 30.7 Å². The van der Waals surface area contributed by atoms with Crippen LogP contribution in [0.2, 0.25) is 0 Å². The summed E-state index contributed by atoms with van der Waals surface area (Å²) in [6.07, 6.45) is 4.04. The van der Waals surface area contributed by atoms with Crippen molar-refractivity contribution < 1.29 is 23.7 Å². The molecule has 0 saturated heterocycles. The normalized spacial score (nSPS) is 11.4. The molecule has 4 aromatic rings. The number of anilines is 1. The maximum absolute atomic E-state index is 13.1. The number of aryl methyl sites for hydroxylation is 1. The zero-order valence-electron chi connectivity index (χ0n) is 24.4. The first-order valence-electron chi connectivity index (χ1n) is 13.3. The molecular weight excluding hydrogens is 510 g/mol. The minimum Gasteiger partial charge on any atom is -0.495 e. The summed E-state index contributed by atoms with van der Waals surface area (Å²) >= 11 is 0. The number of benzene rings is 1. The molecule has 10 heteroatoms. The van der Waals surface area contributed by atoms with Crippen LogP contribution in [-0.4, -0.2) is 46.5 Å². The number of ether oxygens (including phenoxy) is 4. The first-order valence-corrected chi connectivity index (χ1v) is 13.3. The highest BCUT2D eigenvalue weighted by molar-refractivity contribution is 5.92. The van der Waals surface area contributed by atoms with Gasteiger partial charge in [0.2, 0.25) is 5.91 Å². The van der Waals surface area contributed by atoms with Crippen LogP contribution in [0.3, 0.4) is 0 Å². The second-order valence-corrected chi connectivity index (χ2v) is 10.3. The number of pyridine rings is 2. The number of fused-ring (bicyclic) bond motifs is 1. The van der Waals surface area contributed by atoms with E-state index in [9.17, 15) is 4.79 Å². The smallest absolute Gasteiger partial charge is 0.231 e. The molecule has 0 atom stereocenters. The lowest BCUT2D eigenvalue weighted by Gasteiger charge is -2.23. The van der Waals surface area contributed by atoms with Crippen molar-refractivity contribution in [3.05, 3.63) is 53.6 Å². The fourth-order valence-corrected chi connectivity index (χ4v) is 4.43. The zero-order valence-corrected chi connectivity index (χ0v) is 24.4. The van der Waals surface area contributed by atoms with Gasteiger partial charge in [-0.1, -0.05) is 6.92 Å². The van der Waals surface area contributed by atoms with E-state index < -0.39 is 0 Å². The molecule has 0 spiro atoms. The Morgan fingerprint density at radius 3 is 2.38 bits per heavy atom. The molecule has 0 bridgehead atoms. The number of hydrogen-bond acceptors (Lipinski definition) is 8. The lowest BCUT2D eigenvalue weighted by molar-refractivity contribution is -0.115. The van der Waals surface area contributed by atoms with Crippen molar-refractivity contribution in [3.63, 3.8) is 0 Å². The second-order valence-electron chi connectivity index (χ2n) is 10.3. The number of amides is 1. The maximum atomic E-state index is 13.1. The average Bonchev–Trinajstić information content (AvgIpc) is 3.24. The summed E-state index contributed by atoms with van der Waals surface area (Å²) in [6.45, 7) is 12.6. The van der Waals surface area contributed by atoms with Crippen molar-refractivity contribution in [2.45, 2.75) is 59.9 Å². The molecule has 0 aliphatic carbocycles. The number of aromatic nitrogens is 4. The van der Waals surface area contributed by atoms with Crippen LogP contribution in [0, 0.1) is 6.92 Å². The molecule has 10 nitrogen and oxygen atoms in total. The van der Waals surface area contributed by atoms with Gasteiger partial charge >= 0.3 is 0 Å². The number of carbonyl (C=O) groups excluding carboxylic acids is 1. The Balaban J connectivity index is 1.57. The van der Waals surface area contributed by atoms with Crippen LogP contribution in [0.25, 0.3) is 10.9 Å². The number of hydrogen-bond donors (Lipinski definition) is 1. The largest absolute Gasteiger partial charge is 0.495 e. The number of nitrogens with one attached hydrogen (secondary N) is 1. The Hall–Kier alpha value is -4.34. The maximum Gasteiger partial charge on any atom is 0.231 e. The number of methoxy groups -OCH3 is 2. The molecule has 3 heterocycles. The van der Waals surface area contributed by atoms with E-state index in [2.05, 4.69) is 43.0 Å². The third-order valence-electron chi connectivity index (χ3n) is 6.42. The van der Waals surface area contributed by atoms with E-state index >= 15 is 0 Å². The minimum absolute atomic E-state index is 0.0231. The van der Waals surface area contributed by atoms with Crippen LogP contribution in [-0.2, 0) is 23.2 Å². The molecule has 0 saturated carbocycles. The fraction of sp³-hybridized carbons (Fsp3) is 0.400. The van der Waals surface area contributed by atoms with Gasteiger partial charge in [0.15, 0.2) is 11.5 Å². The van der Waals surface area contributed by atoms with Crippen LogP contribution >= 0.6 is 0 Å². The van der Waals surface area contributed by atoms with Crippen LogP contribution in [0.1, 0.15) is 51.6 Å². The summed E-state index contributed by atoms with van der Waals surface area (Å²) in [5.41, 5.74) is 2.82. The average molecular weight is 548 g/mol. The van der Waals surface area contributed by atoms with Gasteiger partial charge in [-0.25, -0.2) is 4.68 Å². The summed E-state index contributed by atoms with van der Waals surface area (Å²) < 4.78 is 24.8. The molecule has 212 valence electrons. The van der Waals surface area contributed by atoms with Gasteiger partial charge in [-0.15, -0.1) is 0 Å². The lowest BCUT2D eigenvalue weighted by Crippen LogP contribution is -2.27. The van der Waals surface area contributed by atoms with Crippen LogP contribution in [0.15, 0.2) is 36.7 Å². The molecule has 3 aromatic heterocycles. The van der Waals surface area contributed by atoms with Crippen LogP contribution in [0.4, 0.5) is 5.82 Å². The molecule has 1 aromatic carbocycles. The predicted molar refractivity (Wildman–Crippen MR) is 154 cm³/mol. The Bertz CT molecular complexity index is 1520. The monoisotopic (exact) mass is 547 g/mol. The van der Waals surface area contributed by atoms with Gasteiger partial charge in [0.25, 0.3) is 0 Å². The Labute approximate surface area is 234 Å². The summed E-state index contributed by atoms with van der Waals surface area (Å²) in [7, 11) is 3.13. The van der Waals surface area contributed by atoms with E-state index in [0.29, 0.717) is 52.4 Å². The van der Waals surface area contributed by atoms with Crippen molar-refractivity contribution >= 4 is 22.6 Å². The number of carbonyl (C=O) groups is 1. The molecule has 40 heavy (non-hydrogen) atoms. The van der Waals surface area contributed by atoms with E-state index in [1.54, 1.807) is 31.6 Å². The van der Waals surface area contributed by atoms with Gasteiger partial charge in [0.1, 0.15) is 23.1 Å². The highest BCUT2D eigenvalue weighted by atomic mass is 16.5. The van der Waals surface area contributed by atoms with Gasteiger partial charge in [-0.05, 0) is 53.2 Å². The highest BCUT2D eigenvalue weighted by Gasteiger charge is 2.24. The van der Waals surface area contributed by atoms with Crippen molar-refractivity contribution in [2.75, 3.05) is 26.1 Å². The van der Waals surface area contributed by atoms with Crippen LogP contribution in [0.5, 0.6) is 28.7 Å². The van der Waals surface area contributed by atoms with E-state index in [4.69, 9.17) is 24.0 Å². The van der Waals surface area contributed by atoms with E-state index in [-0.39, 0.29) is 17.9 Å². The quantitative estimate of drug-likeness (QED) is 0.264. The van der Waals surface area contributed by atoms with Gasteiger partial charge in [0.05, 0.1) is 55.9 Å². The summed E-state index contributed by atoms with van der Waals surface area (Å²) in [5, 5.41) is 8.51. The van der Waals surface area contributed by atoms with Crippen molar-refractivity contribution in [1.29, 1.82) is 0 Å². The highest BCUT2D eigenvalue weighted by Crippen LogP contribution is 2.37. The predicted octanol–water partition coefficient (Wildman–Crippen LogP) is 5.84. The molecule has 1 N–H and O–H groups in total. The molecule has 0 fully saturated rings. The first-order chi connectivity index (χ1) is 19.1. The standard InChI is InChI=1S/C30H37N5O5/c1-9-21-18(3)29(35(34-21)30(4,5)6)33-28(36)16-23-25(37-7)13-19(17-32-23)40-24-11-12-31-22-15-27(39-10-2)26(38-8)14-20(22)24/h11-15,17H,9-10,16H2,1-8H3,(H,33,36). The van der Waals surface area contributed by atoms with Gasteiger partial charge in [0, 0.05) is 29.3 Å². The van der Waals surface area contributed by atoms with Crippen molar-refractivity contribution in [1.82, 2.24) is 19.7 Å². The fourth-order valence-electron chi connectivity index (χ4n) is 4.43. The van der Waals surface area contributed by atoms with Gasteiger partial charge in [-0.3, -0.25) is 14.8 Å². The van der Waals surface area contributed by atoms with Gasteiger partial charge in [-0.2, -0.15) is 5.10 Å². The Morgan fingerprint density at radius 1 is 0.975 bits per heavy atom. The molecule has 4 rings (SSSR count). The Morgan fingerprint density at radius 2 is 1.73 bits per heavy atom. The van der Waals surface area contributed by atoms with Crippen LogP contribution < -0.4 is 24.3 Å². The Kier molecular flexibility index (Phi) is 8.46. The summed E-state index contributed by atoms with van der Waals surface area (Å²) in [4.78, 5) is 22.1. The molecule has 0 aliphatic heterocycles. The first kappa shape index (κ1) is 28.7. The lowest BCUT2D eigenvalue weighted by atomic mass is 10.1. The summed E-state index contributed by atoms with van der Waals surface area (Å²) in [5.74, 6) is 3.14. The number of rotatable bonds is 10. The second kappa shape index (κ2) is 11.8. The SMILES string of the molecule is CCOc1cc2nccc(Oc3cnc(CC(=O)Nc4c(C)c(CC)nn4C(C)(C)C)c(OC)c3)c2cc1OC. The van der Waals surface area contributed by atoms with E-state index in [1.165, 1.54) is 7.11 Å². The molecule has 0 radical (unpaired) electrons. The topological polar surface area (TPSA) is 110 Å². The van der Waals surface area contributed by atoms with Gasteiger partial charge < -0.3 is 24.3 Å². The van der Waals surface area contributed by atoms with Crippen molar-refractivity contribution in [3.8, 4) is 28.7 Å². The molecule has 0 aliphatic rings. The summed E-state index contributed by atoms with van der Waals surface area (Å²) in [6, 6.07) is 7.14. The molecule has 1 amide bonds. The van der Waals surface area contributed by atoms with E-state index in [0.717, 1.165) is 23.1 Å². The third kappa shape index (κ3) is 5.95. The third-order valence-corrected chi connectivity index (χ3v) is 6.42. The molecular formula is C30H37N5O5. The zero-order chi connectivity index (χ0) is 29.0. The number of nitrogens with zero attached hydrogens (tertiary/aromatic N) is 4. The van der Waals surface area contributed by atoms with Crippen molar-refractivity contribution in [2.24, 2.45) is 0 Å².